The van der Waals surface area contributed by atoms with Gasteiger partial charge >= 0.3 is 0 Å². The van der Waals surface area contributed by atoms with E-state index in [0.717, 1.165) is 42.4 Å². The largest absolute Gasteiger partial charge is 0.448 e. The predicted molar refractivity (Wildman–Crippen MR) is 71.4 cm³/mol. The third-order valence-electron chi connectivity index (χ3n) is 3.59. The molecular weight excluding hydrogens is 240 g/mol. The van der Waals surface area contributed by atoms with Crippen molar-refractivity contribution in [3.63, 3.8) is 0 Å². The number of furan rings is 1. The van der Waals surface area contributed by atoms with Crippen molar-refractivity contribution in [1.82, 2.24) is 19.9 Å². The zero-order chi connectivity index (χ0) is 12.7. The molecule has 19 heavy (non-hydrogen) atoms. The first-order valence-electron chi connectivity index (χ1n) is 6.51. The average molecular weight is 254 g/mol. The molecule has 96 valence electrons. The first-order chi connectivity index (χ1) is 9.43. The third-order valence-corrected chi connectivity index (χ3v) is 3.59. The lowest BCUT2D eigenvalue weighted by Crippen LogP contribution is -2.12. The molecule has 1 N–H and O–H groups in total. The second-order valence-electron chi connectivity index (χ2n) is 4.79. The van der Waals surface area contributed by atoms with Crippen LogP contribution >= 0.6 is 0 Å². The molecule has 5 heteroatoms. The van der Waals surface area contributed by atoms with E-state index in [0.29, 0.717) is 5.92 Å². The van der Waals surface area contributed by atoms with E-state index in [-0.39, 0.29) is 0 Å². The third kappa shape index (κ3) is 1.66. The maximum Gasteiger partial charge on any atom is 0.206 e. The fraction of sp³-hybridized carbons (Fsp3) is 0.286. The molecule has 5 nitrogen and oxygen atoms in total. The maximum absolute atomic E-state index is 5.55. The average Bonchev–Trinajstić information content (AvgIpc) is 3.17. The maximum atomic E-state index is 5.55. The first-order valence-corrected chi connectivity index (χ1v) is 6.51. The summed E-state index contributed by atoms with van der Waals surface area (Å²) < 4.78 is 7.58. The molecule has 4 rings (SSSR count). The summed E-state index contributed by atoms with van der Waals surface area (Å²) in [5, 5.41) is 3.38. The molecule has 3 aromatic rings. The van der Waals surface area contributed by atoms with Gasteiger partial charge in [0.25, 0.3) is 0 Å². The molecule has 0 amide bonds. The van der Waals surface area contributed by atoms with Gasteiger partial charge in [0, 0.05) is 24.7 Å². The molecule has 0 aromatic carbocycles. The lowest BCUT2D eigenvalue weighted by atomic mass is 10.1. The molecule has 0 spiro atoms. The van der Waals surface area contributed by atoms with Gasteiger partial charge in [-0.05, 0) is 31.2 Å². The molecule has 1 aliphatic rings. The number of nitrogens with zero attached hydrogens (tertiary/aromatic N) is 3. The van der Waals surface area contributed by atoms with Crippen LogP contribution < -0.4 is 5.32 Å². The molecule has 1 atom stereocenters. The molecule has 1 saturated heterocycles. The minimum atomic E-state index is 0.416. The van der Waals surface area contributed by atoms with E-state index < -0.39 is 0 Å². The van der Waals surface area contributed by atoms with Gasteiger partial charge in [-0.3, -0.25) is 0 Å². The van der Waals surface area contributed by atoms with Crippen molar-refractivity contribution >= 4 is 11.2 Å². The zero-order valence-corrected chi connectivity index (χ0v) is 10.4. The normalized spacial score (nSPS) is 19.3. The molecule has 0 bridgehead atoms. The monoisotopic (exact) mass is 254 g/mol. The summed E-state index contributed by atoms with van der Waals surface area (Å²) in [4.78, 5) is 9.20. The Balaban J connectivity index is 1.98. The van der Waals surface area contributed by atoms with Crippen LogP contribution in [0.4, 0.5) is 0 Å². The summed E-state index contributed by atoms with van der Waals surface area (Å²) in [5.74, 6) is 2.23. The fourth-order valence-electron chi connectivity index (χ4n) is 2.69. The van der Waals surface area contributed by atoms with E-state index >= 15 is 0 Å². The van der Waals surface area contributed by atoms with Crippen molar-refractivity contribution in [3.05, 3.63) is 42.5 Å². The van der Waals surface area contributed by atoms with Crippen molar-refractivity contribution in [2.24, 2.45) is 0 Å². The minimum Gasteiger partial charge on any atom is -0.448 e. The Morgan fingerprint density at radius 3 is 3.11 bits per heavy atom. The number of rotatable bonds is 2. The number of hydrogen-bond acceptors (Lipinski definition) is 4. The van der Waals surface area contributed by atoms with Gasteiger partial charge in [-0.1, -0.05) is 0 Å². The van der Waals surface area contributed by atoms with Crippen LogP contribution in [0.5, 0.6) is 0 Å². The lowest BCUT2D eigenvalue weighted by Gasteiger charge is -2.09. The zero-order valence-electron chi connectivity index (χ0n) is 10.4. The number of aromatic nitrogens is 3. The van der Waals surface area contributed by atoms with Gasteiger partial charge in [0.1, 0.15) is 11.3 Å². The SMILES string of the molecule is c1coc(-n2c(C3CCNC3)nc3cccnc32)c1. The molecule has 4 heterocycles. The highest BCUT2D eigenvalue weighted by atomic mass is 16.3. The van der Waals surface area contributed by atoms with Crippen LogP contribution in [0.25, 0.3) is 17.0 Å². The van der Waals surface area contributed by atoms with E-state index in [1.165, 1.54) is 0 Å². The van der Waals surface area contributed by atoms with E-state index in [1.54, 1.807) is 12.5 Å². The van der Waals surface area contributed by atoms with Crippen molar-refractivity contribution in [1.29, 1.82) is 0 Å². The molecule has 0 saturated carbocycles. The van der Waals surface area contributed by atoms with Gasteiger partial charge in [0.15, 0.2) is 5.65 Å². The Labute approximate surface area is 110 Å². The van der Waals surface area contributed by atoms with Crippen molar-refractivity contribution < 1.29 is 4.42 Å². The summed E-state index contributed by atoms with van der Waals surface area (Å²) in [6, 6.07) is 7.74. The highest BCUT2D eigenvalue weighted by Gasteiger charge is 2.25. The first kappa shape index (κ1) is 10.8. The van der Waals surface area contributed by atoms with E-state index in [1.807, 2.05) is 28.8 Å². The molecule has 3 aromatic heterocycles. The van der Waals surface area contributed by atoms with Gasteiger partial charge in [-0.15, -0.1) is 0 Å². The Bertz CT molecular complexity index is 695. The molecule has 0 aliphatic carbocycles. The van der Waals surface area contributed by atoms with Crippen LogP contribution in [-0.4, -0.2) is 27.6 Å². The summed E-state index contributed by atoms with van der Waals surface area (Å²) in [5.41, 5.74) is 1.78. The van der Waals surface area contributed by atoms with Gasteiger partial charge in [-0.25, -0.2) is 14.5 Å². The van der Waals surface area contributed by atoms with Crippen LogP contribution in [-0.2, 0) is 0 Å². The van der Waals surface area contributed by atoms with Gasteiger partial charge in [-0.2, -0.15) is 0 Å². The fourth-order valence-corrected chi connectivity index (χ4v) is 2.69. The van der Waals surface area contributed by atoms with E-state index in [9.17, 15) is 0 Å². The highest BCUT2D eigenvalue weighted by molar-refractivity contribution is 5.73. The van der Waals surface area contributed by atoms with Crippen LogP contribution in [0, 0.1) is 0 Å². The number of hydrogen-bond donors (Lipinski definition) is 1. The number of pyridine rings is 1. The number of imidazole rings is 1. The van der Waals surface area contributed by atoms with Crippen LogP contribution in [0.3, 0.4) is 0 Å². The number of fused-ring (bicyclic) bond motifs is 1. The second kappa shape index (κ2) is 4.20. The molecule has 1 fully saturated rings. The van der Waals surface area contributed by atoms with Crippen LogP contribution in [0.15, 0.2) is 41.1 Å². The van der Waals surface area contributed by atoms with Crippen molar-refractivity contribution in [2.45, 2.75) is 12.3 Å². The summed E-state index contributed by atoms with van der Waals surface area (Å²) in [7, 11) is 0. The summed E-state index contributed by atoms with van der Waals surface area (Å²) in [6.45, 7) is 2.00. The van der Waals surface area contributed by atoms with Crippen molar-refractivity contribution in [2.75, 3.05) is 13.1 Å². The Hall–Kier alpha value is -2.14. The second-order valence-corrected chi connectivity index (χ2v) is 4.79. The molecule has 1 aliphatic heterocycles. The quantitative estimate of drug-likeness (QED) is 0.760. The van der Waals surface area contributed by atoms with Crippen LogP contribution in [0.2, 0.25) is 0 Å². The Kier molecular flexibility index (Phi) is 2.38. The molecular formula is C14H14N4O. The number of nitrogens with one attached hydrogen (secondary N) is 1. The lowest BCUT2D eigenvalue weighted by molar-refractivity contribution is 0.528. The molecule has 0 radical (unpaired) electrons. The minimum absolute atomic E-state index is 0.416. The van der Waals surface area contributed by atoms with Crippen LogP contribution in [0.1, 0.15) is 18.2 Å². The smallest absolute Gasteiger partial charge is 0.206 e. The van der Waals surface area contributed by atoms with E-state index in [4.69, 9.17) is 9.40 Å². The van der Waals surface area contributed by atoms with Gasteiger partial charge < -0.3 is 9.73 Å². The van der Waals surface area contributed by atoms with Gasteiger partial charge in [0.2, 0.25) is 5.88 Å². The predicted octanol–water partition coefficient (Wildman–Crippen LogP) is 2.09. The summed E-state index contributed by atoms with van der Waals surface area (Å²) >= 11 is 0. The summed E-state index contributed by atoms with van der Waals surface area (Å²) in [6.07, 6.45) is 4.57. The van der Waals surface area contributed by atoms with Crippen molar-refractivity contribution in [3.8, 4) is 5.88 Å². The Morgan fingerprint density at radius 1 is 1.32 bits per heavy atom. The topological polar surface area (TPSA) is 55.9 Å². The highest BCUT2D eigenvalue weighted by Crippen LogP contribution is 2.28. The van der Waals surface area contributed by atoms with E-state index in [2.05, 4.69) is 10.3 Å². The standard InChI is InChI=1S/C14H14N4O/c1-3-11-14(16-6-1)18(12-4-2-8-19-12)13(17-11)10-5-7-15-9-10/h1-4,6,8,10,15H,5,7,9H2. The van der Waals surface area contributed by atoms with Gasteiger partial charge in [0.05, 0.1) is 6.26 Å². The molecule has 1 unspecified atom stereocenters. The Morgan fingerprint density at radius 2 is 2.32 bits per heavy atom.